The van der Waals surface area contributed by atoms with Gasteiger partial charge in [-0.15, -0.1) is 0 Å². The lowest BCUT2D eigenvalue weighted by Gasteiger charge is -2.19. The van der Waals surface area contributed by atoms with E-state index in [1.165, 1.54) is 36.9 Å². The van der Waals surface area contributed by atoms with Crippen LogP contribution in [0.5, 0.6) is 0 Å². The molecule has 3 aromatic rings. The predicted molar refractivity (Wildman–Crippen MR) is 131 cm³/mol. The summed E-state index contributed by atoms with van der Waals surface area (Å²) in [6.07, 6.45) is 1.57. The number of nitrogens with zero attached hydrogens (tertiary/aromatic N) is 1. The standard InChI is InChI=1S/C26H28N2O5S/c1-20(16-17-21-10-5-3-6-11-21)27-25(29)19-33-26(30)22-12-9-15-24(18-22)34(31,32)28(2)23-13-7-4-8-14-23/h3-15,18,20H,16-17,19H2,1-2H3,(H,27,29)/t20-/m0/s1. The molecule has 1 amide bonds. The molecule has 8 heteroatoms. The SMILES string of the molecule is C[C@@H](CCc1ccccc1)NC(=O)COC(=O)c1cccc(S(=O)(=O)N(C)c2ccccc2)c1. The fourth-order valence-corrected chi connectivity index (χ4v) is 4.59. The molecule has 3 rings (SSSR count). The summed E-state index contributed by atoms with van der Waals surface area (Å²) in [4.78, 5) is 24.6. The molecule has 0 fully saturated rings. The number of anilines is 1. The summed E-state index contributed by atoms with van der Waals surface area (Å²) >= 11 is 0. The highest BCUT2D eigenvalue weighted by Gasteiger charge is 2.23. The van der Waals surface area contributed by atoms with Crippen molar-refractivity contribution in [1.29, 1.82) is 0 Å². The topological polar surface area (TPSA) is 92.8 Å². The number of rotatable bonds is 10. The lowest BCUT2D eigenvalue weighted by atomic mass is 10.1. The van der Waals surface area contributed by atoms with Gasteiger partial charge in [0.2, 0.25) is 0 Å². The highest BCUT2D eigenvalue weighted by Crippen LogP contribution is 2.22. The summed E-state index contributed by atoms with van der Waals surface area (Å²) in [6.45, 7) is 1.44. The number of aryl methyl sites for hydroxylation is 1. The van der Waals surface area contributed by atoms with E-state index in [1.807, 2.05) is 37.3 Å². The average Bonchev–Trinajstić information content (AvgIpc) is 2.86. The van der Waals surface area contributed by atoms with Gasteiger partial charge in [0.05, 0.1) is 16.1 Å². The fraction of sp³-hybridized carbons (Fsp3) is 0.231. The van der Waals surface area contributed by atoms with Gasteiger partial charge < -0.3 is 10.1 Å². The van der Waals surface area contributed by atoms with E-state index in [4.69, 9.17) is 4.74 Å². The number of hydrogen-bond donors (Lipinski definition) is 1. The zero-order valence-electron chi connectivity index (χ0n) is 19.2. The second kappa shape index (κ2) is 11.5. The number of nitrogens with one attached hydrogen (secondary N) is 1. The van der Waals surface area contributed by atoms with Crippen molar-refractivity contribution in [2.24, 2.45) is 0 Å². The summed E-state index contributed by atoms with van der Waals surface area (Å²) in [6, 6.07) is 24.1. The molecule has 7 nitrogen and oxygen atoms in total. The van der Waals surface area contributed by atoms with Crippen molar-refractivity contribution in [3.63, 3.8) is 0 Å². The van der Waals surface area contributed by atoms with E-state index in [2.05, 4.69) is 5.32 Å². The van der Waals surface area contributed by atoms with E-state index in [1.54, 1.807) is 30.3 Å². The average molecular weight is 481 g/mol. The van der Waals surface area contributed by atoms with E-state index < -0.39 is 28.5 Å². The lowest BCUT2D eigenvalue weighted by Crippen LogP contribution is -2.36. The molecule has 0 unspecified atom stereocenters. The van der Waals surface area contributed by atoms with Crippen molar-refractivity contribution >= 4 is 27.6 Å². The first-order valence-corrected chi connectivity index (χ1v) is 12.4. The number of carbonyl (C=O) groups is 2. The Bertz CT molecular complexity index is 1210. The molecule has 0 saturated heterocycles. The van der Waals surface area contributed by atoms with Gasteiger partial charge in [0, 0.05) is 13.1 Å². The van der Waals surface area contributed by atoms with Gasteiger partial charge in [-0.2, -0.15) is 0 Å². The van der Waals surface area contributed by atoms with Crippen molar-refractivity contribution in [3.05, 3.63) is 96.1 Å². The summed E-state index contributed by atoms with van der Waals surface area (Å²) in [5, 5.41) is 2.81. The van der Waals surface area contributed by atoms with Gasteiger partial charge in [-0.05, 0) is 55.7 Å². The molecule has 3 aromatic carbocycles. The molecule has 0 radical (unpaired) electrons. The van der Waals surface area contributed by atoms with Gasteiger partial charge in [0.25, 0.3) is 15.9 Å². The van der Waals surface area contributed by atoms with E-state index in [0.29, 0.717) is 5.69 Å². The van der Waals surface area contributed by atoms with Gasteiger partial charge in [-0.1, -0.05) is 54.6 Å². The summed E-state index contributed by atoms with van der Waals surface area (Å²) in [7, 11) is -2.43. The minimum absolute atomic E-state index is 0.0486. The molecule has 0 aliphatic rings. The van der Waals surface area contributed by atoms with E-state index >= 15 is 0 Å². The molecular formula is C26H28N2O5S. The number of sulfonamides is 1. The number of hydrogen-bond acceptors (Lipinski definition) is 5. The normalized spacial score (nSPS) is 11.9. The number of benzene rings is 3. The van der Waals surface area contributed by atoms with Gasteiger partial charge in [0.15, 0.2) is 6.61 Å². The van der Waals surface area contributed by atoms with E-state index in [-0.39, 0.29) is 16.5 Å². The number of carbonyl (C=O) groups excluding carboxylic acids is 2. The second-order valence-electron chi connectivity index (χ2n) is 7.90. The first-order chi connectivity index (χ1) is 16.3. The van der Waals surface area contributed by atoms with Crippen LogP contribution in [-0.4, -0.2) is 40.0 Å². The maximum absolute atomic E-state index is 13.0. The Morgan fingerprint density at radius 2 is 1.59 bits per heavy atom. The van der Waals surface area contributed by atoms with Gasteiger partial charge in [0.1, 0.15) is 0 Å². The first kappa shape index (κ1) is 25.0. The zero-order valence-corrected chi connectivity index (χ0v) is 20.0. The largest absolute Gasteiger partial charge is 0.452 e. The van der Waals surface area contributed by atoms with Crippen molar-refractivity contribution in [2.45, 2.75) is 30.7 Å². The molecule has 1 N–H and O–H groups in total. The molecule has 0 saturated carbocycles. The van der Waals surface area contributed by atoms with Gasteiger partial charge in [-0.25, -0.2) is 13.2 Å². The van der Waals surface area contributed by atoms with Crippen molar-refractivity contribution < 1.29 is 22.7 Å². The van der Waals surface area contributed by atoms with Crippen LogP contribution >= 0.6 is 0 Å². The molecule has 0 spiro atoms. The number of esters is 1. The van der Waals surface area contributed by atoms with Crippen LogP contribution in [-0.2, 0) is 26.0 Å². The summed E-state index contributed by atoms with van der Waals surface area (Å²) in [5.41, 5.74) is 1.73. The Kier molecular flexibility index (Phi) is 8.43. The quantitative estimate of drug-likeness (QED) is 0.446. The third-order valence-electron chi connectivity index (χ3n) is 5.30. The molecule has 0 heterocycles. The smallest absolute Gasteiger partial charge is 0.338 e. The Labute approximate surface area is 200 Å². The molecule has 178 valence electrons. The number of ether oxygens (including phenoxy) is 1. The summed E-state index contributed by atoms with van der Waals surface area (Å²) < 4.78 is 32.2. The van der Waals surface area contributed by atoms with Crippen LogP contribution in [0.15, 0.2) is 89.8 Å². The highest BCUT2D eigenvalue weighted by atomic mass is 32.2. The van der Waals surface area contributed by atoms with Crippen LogP contribution in [0.1, 0.15) is 29.3 Å². The van der Waals surface area contributed by atoms with Gasteiger partial charge in [-0.3, -0.25) is 9.10 Å². The third-order valence-corrected chi connectivity index (χ3v) is 7.08. The van der Waals surface area contributed by atoms with Crippen LogP contribution in [0.3, 0.4) is 0 Å². The molecule has 1 atom stereocenters. The lowest BCUT2D eigenvalue weighted by molar-refractivity contribution is -0.124. The van der Waals surface area contributed by atoms with E-state index in [0.717, 1.165) is 17.1 Å². The predicted octanol–water partition coefficient (Wildman–Crippen LogP) is 3.81. The van der Waals surface area contributed by atoms with Crippen LogP contribution < -0.4 is 9.62 Å². The Morgan fingerprint density at radius 1 is 0.941 bits per heavy atom. The maximum Gasteiger partial charge on any atom is 0.338 e. The van der Waals surface area contributed by atoms with Crippen molar-refractivity contribution in [1.82, 2.24) is 5.32 Å². The zero-order chi connectivity index (χ0) is 24.6. The van der Waals surface area contributed by atoms with Gasteiger partial charge >= 0.3 is 5.97 Å². The minimum atomic E-state index is -3.88. The first-order valence-electron chi connectivity index (χ1n) is 10.9. The molecular weight excluding hydrogens is 452 g/mol. The summed E-state index contributed by atoms with van der Waals surface area (Å²) in [5.74, 6) is -1.19. The number of amides is 1. The molecule has 0 bridgehead atoms. The highest BCUT2D eigenvalue weighted by molar-refractivity contribution is 7.92. The Hall–Kier alpha value is -3.65. The van der Waals surface area contributed by atoms with Crippen LogP contribution in [0, 0.1) is 0 Å². The Balaban J connectivity index is 1.55. The van der Waals surface area contributed by atoms with E-state index in [9.17, 15) is 18.0 Å². The van der Waals surface area contributed by atoms with Crippen LogP contribution in [0.2, 0.25) is 0 Å². The van der Waals surface area contributed by atoms with Crippen molar-refractivity contribution in [2.75, 3.05) is 18.0 Å². The monoisotopic (exact) mass is 480 g/mol. The third kappa shape index (κ3) is 6.68. The molecule has 0 aromatic heterocycles. The number of para-hydroxylation sites is 1. The molecule has 34 heavy (non-hydrogen) atoms. The van der Waals surface area contributed by atoms with Crippen LogP contribution in [0.25, 0.3) is 0 Å². The second-order valence-corrected chi connectivity index (χ2v) is 9.87. The van der Waals surface area contributed by atoms with Crippen LogP contribution in [0.4, 0.5) is 5.69 Å². The molecule has 0 aliphatic heterocycles. The fourth-order valence-electron chi connectivity index (χ4n) is 3.35. The maximum atomic E-state index is 13.0. The minimum Gasteiger partial charge on any atom is -0.452 e. The Morgan fingerprint density at radius 3 is 2.26 bits per heavy atom. The molecule has 0 aliphatic carbocycles. The van der Waals surface area contributed by atoms with Crippen molar-refractivity contribution in [3.8, 4) is 0 Å².